The molecule has 4 aromatic rings. The van der Waals surface area contributed by atoms with Crippen LogP contribution < -0.4 is 15.0 Å². The van der Waals surface area contributed by atoms with E-state index in [1.807, 2.05) is 24.3 Å². The third-order valence-corrected chi connectivity index (χ3v) is 9.54. The van der Waals surface area contributed by atoms with Crippen LogP contribution in [0, 0.1) is 5.82 Å². The molecule has 3 fully saturated rings. The molecule has 250 valence electrons. The zero-order valence-corrected chi connectivity index (χ0v) is 27.3. The van der Waals surface area contributed by atoms with Gasteiger partial charge in [-0.25, -0.2) is 4.39 Å². The molecule has 0 radical (unpaired) electrons. The molecule has 3 atom stereocenters. The number of carboxylic acid groups (broad SMARTS) is 2. The predicted molar refractivity (Wildman–Crippen MR) is 179 cm³/mol. The fourth-order valence-electron chi connectivity index (χ4n) is 7.27. The van der Waals surface area contributed by atoms with E-state index in [4.69, 9.17) is 41.1 Å². The van der Waals surface area contributed by atoms with Gasteiger partial charge in [0.05, 0.1) is 5.02 Å². The highest BCUT2D eigenvalue weighted by Crippen LogP contribution is 2.44. The number of nitrogens with one attached hydrogen (secondary N) is 1. The minimum atomic E-state index is -0.551. The Hall–Kier alpha value is -4.26. The minimum absolute atomic E-state index is 0.0418. The molecule has 0 aliphatic carbocycles. The average Bonchev–Trinajstić information content (AvgIpc) is 3.53. The van der Waals surface area contributed by atoms with E-state index < -0.39 is 5.82 Å². The number of nitrogens with zero attached hydrogens (tertiary/aromatic N) is 4. The van der Waals surface area contributed by atoms with Crippen molar-refractivity contribution in [1.29, 1.82) is 0 Å². The van der Waals surface area contributed by atoms with Gasteiger partial charge < -0.3 is 35.2 Å². The van der Waals surface area contributed by atoms with E-state index in [1.165, 1.54) is 0 Å². The van der Waals surface area contributed by atoms with Gasteiger partial charge in [-0.2, -0.15) is 9.97 Å². The number of piperazine rings is 1. The number of benzene rings is 3. The van der Waals surface area contributed by atoms with E-state index in [1.54, 1.807) is 18.2 Å². The Kier molecular flexibility index (Phi) is 10.0. The van der Waals surface area contributed by atoms with Gasteiger partial charge in [-0.05, 0) is 87.7 Å². The molecule has 13 heteroatoms. The lowest BCUT2D eigenvalue weighted by Gasteiger charge is -2.45. The second-order valence-electron chi connectivity index (χ2n) is 12.9. The van der Waals surface area contributed by atoms with E-state index in [0.29, 0.717) is 23.4 Å². The summed E-state index contributed by atoms with van der Waals surface area (Å²) in [5.74, 6) is 0.129. The second kappa shape index (κ2) is 13.8. The van der Waals surface area contributed by atoms with Crippen LogP contribution in [0.4, 0.5) is 10.2 Å². The highest BCUT2D eigenvalue weighted by atomic mass is 35.5. The predicted octanol–water partition coefficient (Wildman–Crippen LogP) is 5.54. The molecule has 11 nitrogen and oxygen atoms in total. The van der Waals surface area contributed by atoms with Crippen LogP contribution in [0.15, 0.2) is 42.5 Å². The zero-order valence-electron chi connectivity index (χ0n) is 26.5. The Balaban J connectivity index is 0.000000674. The lowest BCUT2D eigenvalue weighted by Crippen LogP contribution is -2.63. The summed E-state index contributed by atoms with van der Waals surface area (Å²) in [5, 5.41) is 30.5. The lowest BCUT2D eigenvalue weighted by atomic mass is 9.95. The molecule has 3 aromatic carbocycles. The Bertz CT molecular complexity index is 1770. The Morgan fingerprint density at radius 3 is 2.36 bits per heavy atom. The number of anilines is 1. The summed E-state index contributed by atoms with van der Waals surface area (Å²) in [6.45, 7) is 6.91. The Labute approximate surface area is 276 Å². The first-order chi connectivity index (χ1) is 22.4. The van der Waals surface area contributed by atoms with Crippen LogP contribution in [0.3, 0.4) is 0 Å². The van der Waals surface area contributed by atoms with E-state index in [0.717, 1.165) is 56.1 Å². The molecule has 0 spiro atoms. The molecule has 0 unspecified atom stereocenters. The SMILES string of the molecule is CN1CCC[C@H]1COc1nc(N2C[C@]3(C)CC[C@](C)(C2)N3)c2cc(Cl)c(-c3cc(O)cc4ccccc34)c(F)c2n1.O=CO.O=CO. The third kappa shape index (κ3) is 7.04. The maximum atomic E-state index is 16.8. The van der Waals surface area contributed by atoms with E-state index in [2.05, 4.69) is 41.0 Å². The van der Waals surface area contributed by atoms with Gasteiger partial charge in [0.1, 0.15) is 23.7 Å². The number of aromatic nitrogens is 2. The zero-order chi connectivity index (χ0) is 33.9. The number of likely N-dealkylation sites (N-methyl/N-ethyl adjacent to an activating group) is 1. The Morgan fingerprint density at radius 2 is 1.72 bits per heavy atom. The summed E-state index contributed by atoms with van der Waals surface area (Å²) < 4.78 is 23.0. The number of aromatic hydroxyl groups is 1. The lowest BCUT2D eigenvalue weighted by molar-refractivity contribution is -0.123. The summed E-state index contributed by atoms with van der Waals surface area (Å²) >= 11 is 6.89. The van der Waals surface area contributed by atoms with Crippen LogP contribution in [0.2, 0.25) is 5.02 Å². The largest absolute Gasteiger partial charge is 0.508 e. The van der Waals surface area contributed by atoms with Gasteiger partial charge in [0.15, 0.2) is 5.82 Å². The number of hydrogen-bond acceptors (Lipinski definition) is 9. The number of phenols is 1. The van der Waals surface area contributed by atoms with Crippen LogP contribution in [0.5, 0.6) is 11.8 Å². The van der Waals surface area contributed by atoms with Crippen molar-refractivity contribution >= 4 is 52.0 Å². The smallest absolute Gasteiger partial charge is 0.319 e. The van der Waals surface area contributed by atoms with Crippen molar-refractivity contribution in [2.24, 2.45) is 0 Å². The first-order valence-corrected chi connectivity index (χ1v) is 15.8. The molecule has 4 heterocycles. The number of fused-ring (bicyclic) bond motifs is 4. The molecule has 2 bridgehead atoms. The summed E-state index contributed by atoms with van der Waals surface area (Å²) in [7, 11) is 2.10. The van der Waals surface area contributed by atoms with Crippen LogP contribution in [-0.4, -0.2) is 93.5 Å². The van der Waals surface area contributed by atoms with Crippen molar-refractivity contribution < 1.29 is 34.0 Å². The minimum Gasteiger partial charge on any atom is -0.508 e. The van der Waals surface area contributed by atoms with Gasteiger partial charge in [0.25, 0.3) is 12.9 Å². The van der Waals surface area contributed by atoms with Gasteiger partial charge in [0, 0.05) is 41.2 Å². The molecule has 3 aliphatic rings. The molecular formula is C34H39ClFN5O6. The maximum Gasteiger partial charge on any atom is 0.319 e. The van der Waals surface area contributed by atoms with Crippen molar-refractivity contribution in [2.45, 2.75) is 56.7 Å². The van der Waals surface area contributed by atoms with Crippen LogP contribution in [0.25, 0.3) is 32.8 Å². The van der Waals surface area contributed by atoms with Crippen molar-refractivity contribution in [3.8, 4) is 22.9 Å². The van der Waals surface area contributed by atoms with Gasteiger partial charge >= 0.3 is 6.01 Å². The first kappa shape index (κ1) is 34.1. The van der Waals surface area contributed by atoms with E-state index in [9.17, 15) is 5.11 Å². The van der Waals surface area contributed by atoms with Gasteiger partial charge in [-0.1, -0.05) is 35.9 Å². The second-order valence-corrected chi connectivity index (χ2v) is 13.3. The number of hydrogen-bond donors (Lipinski definition) is 4. The number of likely N-dealkylation sites (tertiary alicyclic amines) is 1. The fourth-order valence-corrected chi connectivity index (χ4v) is 7.56. The number of phenolic OH excluding ortho intramolecular Hbond substituents is 1. The molecule has 3 aliphatic heterocycles. The molecule has 7 rings (SSSR count). The Morgan fingerprint density at radius 1 is 1.06 bits per heavy atom. The number of halogens is 2. The van der Waals surface area contributed by atoms with Crippen molar-refractivity contribution in [3.63, 3.8) is 0 Å². The summed E-state index contributed by atoms with van der Waals surface area (Å²) in [6.07, 6.45) is 4.29. The maximum absolute atomic E-state index is 16.8. The van der Waals surface area contributed by atoms with Crippen molar-refractivity contribution in [2.75, 3.05) is 38.2 Å². The fraction of sp³-hybridized carbons (Fsp3) is 0.412. The van der Waals surface area contributed by atoms with Crippen LogP contribution >= 0.6 is 11.6 Å². The quantitative estimate of drug-likeness (QED) is 0.199. The highest BCUT2D eigenvalue weighted by molar-refractivity contribution is 6.35. The highest BCUT2D eigenvalue weighted by Gasteiger charge is 2.48. The van der Waals surface area contributed by atoms with E-state index >= 15 is 4.39 Å². The third-order valence-electron chi connectivity index (χ3n) is 9.25. The topological polar surface area (TPSA) is 148 Å². The average molecular weight is 668 g/mol. The van der Waals surface area contributed by atoms with Crippen molar-refractivity contribution in [1.82, 2.24) is 20.2 Å². The summed E-state index contributed by atoms with van der Waals surface area (Å²) in [5.41, 5.74) is 0.747. The molecule has 1 aromatic heterocycles. The molecule has 0 saturated carbocycles. The van der Waals surface area contributed by atoms with Crippen LogP contribution in [-0.2, 0) is 9.59 Å². The summed E-state index contributed by atoms with van der Waals surface area (Å²) in [6, 6.07) is 13.0. The first-order valence-electron chi connectivity index (χ1n) is 15.4. The van der Waals surface area contributed by atoms with Crippen molar-refractivity contribution in [3.05, 3.63) is 53.3 Å². The van der Waals surface area contributed by atoms with Crippen LogP contribution in [0.1, 0.15) is 39.5 Å². The monoisotopic (exact) mass is 667 g/mol. The molecule has 4 N–H and O–H groups in total. The normalized spacial score (nSPS) is 23.5. The van der Waals surface area contributed by atoms with Gasteiger partial charge in [0.2, 0.25) is 0 Å². The number of ether oxygens (including phenoxy) is 1. The summed E-state index contributed by atoms with van der Waals surface area (Å²) in [4.78, 5) is 30.8. The van der Waals surface area contributed by atoms with Gasteiger partial charge in [-0.3, -0.25) is 9.59 Å². The molecular weight excluding hydrogens is 629 g/mol. The standard InChI is InChI=1S/C32H35ClFN5O2.2CH2O2/c1-31-10-11-32(2,37-31)18-39(17-31)29-24-15-25(33)26(23-14-21(40)13-19-7-4-5-9-22(19)23)27(34)28(24)35-30(36-29)41-16-20-8-6-12-38(20)3;2*2-1-3/h4-5,7,9,13-15,20,37,40H,6,8,10-12,16-18H2,1-3H3;2*1H,(H,2,3)/t20-,31-,32+;;/m0../s1. The molecule has 0 amide bonds. The van der Waals surface area contributed by atoms with Gasteiger partial charge in [-0.15, -0.1) is 0 Å². The molecule has 3 saturated heterocycles. The molecule has 47 heavy (non-hydrogen) atoms. The number of carbonyl (C=O) groups is 2. The number of rotatable bonds is 5. The van der Waals surface area contributed by atoms with E-state index in [-0.39, 0.29) is 57.9 Å².